The van der Waals surface area contributed by atoms with E-state index in [0.717, 1.165) is 0 Å². The van der Waals surface area contributed by atoms with E-state index in [2.05, 4.69) is 0 Å². The Bertz CT molecular complexity index is 407. The van der Waals surface area contributed by atoms with Gasteiger partial charge in [0.25, 0.3) is 5.91 Å². The van der Waals surface area contributed by atoms with Crippen molar-refractivity contribution in [3.05, 3.63) is 24.3 Å². The van der Waals surface area contributed by atoms with Crippen LogP contribution in [0.3, 0.4) is 0 Å². The van der Waals surface area contributed by atoms with Crippen LogP contribution < -0.4 is 14.8 Å². The van der Waals surface area contributed by atoms with Gasteiger partial charge in [0.15, 0.2) is 18.1 Å². The van der Waals surface area contributed by atoms with E-state index in [1.54, 1.807) is 29.6 Å². The highest BCUT2D eigenvalue weighted by molar-refractivity contribution is 5.77. The van der Waals surface area contributed by atoms with E-state index in [-0.39, 0.29) is 0 Å². The number of para-hydroxylation sites is 2. The van der Waals surface area contributed by atoms with Crippen molar-refractivity contribution >= 4 is 5.91 Å². The van der Waals surface area contributed by atoms with Gasteiger partial charge in [-0.05, 0) is 12.1 Å². The summed E-state index contributed by atoms with van der Waals surface area (Å²) in [6.45, 7) is -1.88. The number of methoxy groups -OCH3 is 1. The maximum atomic E-state index is 11.8. The van der Waals surface area contributed by atoms with Crippen LogP contribution in [0.25, 0.3) is 0 Å². The Morgan fingerprint density at radius 1 is 1.28 bits per heavy atom. The van der Waals surface area contributed by atoms with Gasteiger partial charge in [0.1, 0.15) is 6.54 Å². The molecular formula is C11H12F3NO3. The first kappa shape index (κ1) is 14.1. The van der Waals surface area contributed by atoms with E-state index in [0.29, 0.717) is 11.5 Å². The Hall–Kier alpha value is -1.92. The Kier molecular flexibility index (Phi) is 4.82. The predicted octanol–water partition coefficient (Wildman–Crippen LogP) is 1.75. The van der Waals surface area contributed by atoms with Crippen LogP contribution in [0.15, 0.2) is 24.3 Å². The van der Waals surface area contributed by atoms with Crippen molar-refractivity contribution in [1.29, 1.82) is 0 Å². The largest absolute Gasteiger partial charge is 0.493 e. The minimum Gasteiger partial charge on any atom is -0.493 e. The van der Waals surface area contributed by atoms with Crippen LogP contribution in [-0.2, 0) is 4.79 Å². The average molecular weight is 263 g/mol. The monoisotopic (exact) mass is 263 g/mol. The zero-order valence-corrected chi connectivity index (χ0v) is 9.58. The van der Waals surface area contributed by atoms with Gasteiger partial charge in [0.05, 0.1) is 7.11 Å². The molecule has 0 saturated heterocycles. The number of alkyl halides is 3. The zero-order chi connectivity index (χ0) is 13.6. The topological polar surface area (TPSA) is 47.6 Å². The van der Waals surface area contributed by atoms with Crippen LogP contribution in [-0.4, -0.2) is 32.3 Å². The molecule has 0 aliphatic rings. The molecule has 0 radical (unpaired) electrons. The molecule has 0 unspecified atom stereocenters. The average Bonchev–Trinajstić information content (AvgIpc) is 2.33. The molecule has 4 nitrogen and oxygen atoms in total. The maximum absolute atomic E-state index is 11.8. The summed E-state index contributed by atoms with van der Waals surface area (Å²) in [6.07, 6.45) is -4.43. The van der Waals surface area contributed by atoms with Crippen LogP contribution in [0.5, 0.6) is 11.5 Å². The SMILES string of the molecule is COc1ccccc1OCC(=O)NCC(F)(F)F. The summed E-state index contributed by atoms with van der Waals surface area (Å²) in [5.41, 5.74) is 0. The molecule has 7 heteroatoms. The first-order valence-electron chi connectivity index (χ1n) is 5.01. The summed E-state index contributed by atoms with van der Waals surface area (Å²) in [4.78, 5) is 11.1. The fraction of sp³-hybridized carbons (Fsp3) is 0.364. The van der Waals surface area contributed by atoms with Gasteiger partial charge in [-0.3, -0.25) is 4.79 Å². The maximum Gasteiger partial charge on any atom is 0.405 e. The number of hydrogen-bond donors (Lipinski definition) is 1. The number of ether oxygens (including phenoxy) is 2. The van der Waals surface area contributed by atoms with Crippen molar-refractivity contribution in [3.63, 3.8) is 0 Å². The van der Waals surface area contributed by atoms with Crippen LogP contribution in [0.4, 0.5) is 13.2 Å². The molecule has 1 aromatic carbocycles. The van der Waals surface area contributed by atoms with Crippen molar-refractivity contribution in [2.45, 2.75) is 6.18 Å². The second kappa shape index (κ2) is 6.13. The lowest BCUT2D eigenvalue weighted by molar-refractivity contribution is -0.139. The van der Waals surface area contributed by atoms with Crippen LogP contribution in [0.2, 0.25) is 0 Å². The summed E-state index contributed by atoms with van der Waals surface area (Å²) in [7, 11) is 1.42. The molecule has 1 aromatic rings. The van der Waals surface area contributed by atoms with Crippen LogP contribution >= 0.6 is 0 Å². The predicted molar refractivity (Wildman–Crippen MR) is 57.6 cm³/mol. The van der Waals surface area contributed by atoms with Crippen LogP contribution in [0, 0.1) is 0 Å². The third-order valence-corrected chi connectivity index (χ3v) is 1.91. The Morgan fingerprint density at radius 2 is 1.89 bits per heavy atom. The standard InChI is InChI=1S/C11H12F3NO3/c1-17-8-4-2-3-5-9(8)18-6-10(16)15-7-11(12,13)14/h2-5H,6-7H2,1H3,(H,15,16). The molecule has 0 spiro atoms. The van der Waals surface area contributed by atoms with Gasteiger partial charge < -0.3 is 14.8 Å². The number of amides is 1. The molecule has 0 aliphatic heterocycles. The first-order valence-corrected chi connectivity index (χ1v) is 5.01. The number of carbonyl (C=O) groups is 1. The molecule has 0 fully saturated rings. The molecular weight excluding hydrogens is 251 g/mol. The first-order chi connectivity index (χ1) is 8.42. The summed E-state index contributed by atoms with van der Waals surface area (Å²) in [5.74, 6) is -0.151. The lowest BCUT2D eigenvalue weighted by Gasteiger charge is -2.11. The number of nitrogens with one attached hydrogen (secondary N) is 1. The molecule has 0 aliphatic carbocycles. The second-order valence-corrected chi connectivity index (χ2v) is 3.33. The number of rotatable bonds is 5. The third-order valence-electron chi connectivity index (χ3n) is 1.91. The summed E-state index contributed by atoms with van der Waals surface area (Å²) in [6, 6.07) is 6.53. The number of halogens is 3. The van der Waals surface area contributed by atoms with Crippen molar-refractivity contribution < 1.29 is 27.4 Å². The third kappa shape index (κ3) is 4.94. The van der Waals surface area contributed by atoms with E-state index >= 15 is 0 Å². The Morgan fingerprint density at radius 3 is 2.44 bits per heavy atom. The second-order valence-electron chi connectivity index (χ2n) is 3.33. The number of carbonyl (C=O) groups excluding carboxylic acids is 1. The summed E-state index contributed by atoms with van der Waals surface area (Å²) in [5, 5.41) is 1.70. The van der Waals surface area contributed by atoms with E-state index in [9.17, 15) is 18.0 Å². The van der Waals surface area contributed by atoms with Gasteiger partial charge in [-0.25, -0.2) is 0 Å². The lowest BCUT2D eigenvalue weighted by Crippen LogP contribution is -2.36. The minimum absolute atomic E-state index is 0.294. The highest BCUT2D eigenvalue weighted by Crippen LogP contribution is 2.25. The Labute approximate surface area is 102 Å². The fourth-order valence-corrected chi connectivity index (χ4v) is 1.13. The van der Waals surface area contributed by atoms with Gasteiger partial charge in [-0.2, -0.15) is 13.2 Å². The molecule has 0 saturated carbocycles. The van der Waals surface area contributed by atoms with Gasteiger partial charge in [-0.15, -0.1) is 0 Å². The number of hydrogen-bond acceptors (Lipinski definition) is 3. The summed E-state index contributed by atoms with van der Waals surface area (Å²) < 4.78 is 45.5. The molecule has 0 atom stereocenters. The molecule has 0 aromatic heterocycles. The van der Waals surface area contributed by atoms with Gasteiger partial charge >= 0.3 is 6.18 Å². The van der Waals surface area contributed by atoms with Crippen molar-refractivity contribution in [1.82, 2.24) is 5.32 Å². The molecule has 1 N–H and O–H groups in total. The van der Waals surface area contributed by atoms with E-state index in [1.807, 2.05) is 0 Å². The minimum atomic E-state index is -4.43. The molecule has 1 rings (SSSR count). The molecule has 0 heterocycles. The Balaban J connectivity index is 2.43. The van der Waals surface area contributed by atoms with Crippen molar-refractivity contribution in [2.24, 2.45) is 0 Å². The van der Waals surface area contributed by atoms with E-state index < -0.39 is 25.2 Å². The quantitative estimate of drug-likeness (QED) is 0.880. The highest BCUT2D eigenvalue weighted by atomic mass is 19.4. The van der Waals surface area contributed by atoms with E-state index in [1.165, 1.54) is 7.11 Å². The zero-order valence-electron chi connectivity index (χ0n) is 9.58. The molecule has 0 bridgehead atoms. The molecule has 100 valence electrons. The van der Waals surface area contributed by atoms with Gasteiger partial charge in [0, 0.05) is 0 Å². The van der Waals surface area contributed by atoms with Gasteiger partial charge in [-0.1, -0.05) is 12.1 Å². The lowest BCUT2D eigenvalue weighted by atomic mass is 10.3. The molecule has 18 heavy (non-hydrogen) atoms. The van der Waals surface area contributed by atoms with Crippen molar-refractivity contribution in [2.75, 3.05) is 20.3 Å². The highest BCUT2D eigenvalue weighted by Gasteiger charge is 2.27. The molecule has 1 amide bonds. The fourth-order valence-electron chi connectivity index (χ4n) is 1.13. The smallest absolute Gasteiger partial charge is 0.405 e. The van der Waals surface area contributed by atoms with Crippen molar-refractivity contribution in [3.8, 4) is 11.5 Å². The van der Waals surface area contributed by atoms with Crippen LogP contribution in [0.1, 0.15) is 0 Å². The number of benzene rings is 1. The normalized spacial score (nSPS) is 10.9. The summed E-state index contributed by atoms with van der Waals surface area (Å²) >= 11 is 0. The van der Waals surface area contributed by atoms with Gasteiger partial charge in [0.2, 0.25) is 0 Å². The van der Waals surface area contributed by atoms with E-state index in [4.69, 9.17) is 9.47 Å².